The Hall–Kier alpha value is -2.65. The van der Waals surface area contributed by atoms with Crippen LogP contribution in [0.1, 0.15) is 13.3 Å². The monoisotopic (exact) mass is 502 g/mol. The van der Waals surface area contributed by atoms with E-state index in [0.29, 0.717) is 58.8 Å². The Labute approximate surface area is 204 Å². The lowest BCUT2D eigenvalue weighted by atomic mass is 10.1. The van der Waals surface area contributed by atoms with Gasteiger partial charge in [0.1, 0.15) is 5.78 Å². The summed E-state index contributed by atoms with van der Waals surface area (Å²) in [6.07, 6.45) is 0.312. The van der Waals surface area contributed by atoms with Crippen molar-refractivity contribution in [3.8, 4) is 0 Å². The summed E-state index contributed by atoms with van der Waals surface area (Å²) in [4.78, 5) is 64.4. The fourth-order valence-corrected chi connectivity index (χ4v) is 3.61. The number of nitrogens with zero attached hydrogens (tertiary/aromatic N) is 4. The number of carbonyl (C=O) groups excluding carboxylic acids is 2. The van der Waals surface area contributed by atoms with Crippen LogP contribution in [-0.2, 0) is 24.0 Å². The summed E-state index contributed by atoms with van der Waals surface area (Å²) < 4.78 is 0. The van der Waals surface area contributed by atoms with E-state index >= 15 is 0 Å². The highest BCUT2D eigenvalue weighted by molar-refractivity contribution is 5.81. The number of hydrogen-bond acceptors (Lipinski definition) is 10. The maximum atomic E-state index is 12.4. The summed E-state index contributed by atoms with van der Waals surface area (Å²) in [5, 5.41) is 30.4. The lowest BCUT2D eigenvalue weighted by molar-refractivity contribution is -0.140. The molecule has 0 bridgehead atoms. The van der Waals surface area contributed by atoms with Gasteiger partial charge in [0.2, 0.25) is 5.91 Å². The van der Waals surface area contributed by atoms with Crippen LogP contribution in [0.25, 0.3) is 0 Å². The van der Waals surface area contributed by atoms with Gasteiger partial charge in [-0.05, 0) is 13.3 Å². The fraction of sp³-hybridized carbons (Fsp3) is 0.762. The second-order valence-corrected chi connectivity index (χ2v) is 8.64. The molecule has 1 fully saturated rings. The highest BCUT2D eigenvalue weighted by Gasteiger charge is 2.21. The minimum absolute atomic E-state index is 0.0161. The summed E-state index contributed by atoms with van der Waals surface area (Å²) >= 11 is 0. The molecule has 0 aromatic rings. The van der Waals surface area contributed by atoms with E-state index in [1.54, 1.807) is 14.7 Å². The first-order valence-electron chi connectivity index (χ1n) is 11.5. The fourth-order valence-electron chi connectivity index (χ4n) is 3.61. The van der Waals surface area contributed by atoms with Crippen molar-refractivity contribution in [2.45, 2.75) is 19.4 Å². The molecule has 0 aliphatic carbocycles. The number of amides is 1. The molecule has 1 amide bonds. The van der Waals surface area contributed by atoms with E-state index in [9.17, 15) is 39.3 Å². The Morgan fingerprint density at radius 1 is 0.686 bits per heavy atom. The van der Waals surface area contributed by atoms with E-state index in [1.807, 2.05) is 4.90 Å². The number of nitrogens with two attached hydrogens (primary N) is 1. The molecule has 1 aliphatic rings. The summed E-state index contributed by atoms with van der Waals surface area (Å²) in [5.41, 5.74) is 5.68. The Morgan fingerprint density at radius 3 is 1.29 bits per heavy atom. The highest BCUT2D eigenvalue weighted by Crippen LogP contribution is 2.01. The van der Waals surface area contributed by atoms with Crippen LogP contribution in [0.4, 0.5) is 0 Å². The number of carboxylic acid groups (broad SMARTS) is 3. The van der Waals surface area contributed by atoms with E-state index in [1.165, 1.54) is 6.92 Å². The number of hydrogen-bond donors (Lipinski definition) is 5. The quantitative estimate of drug-likeness (QED) is 0.180. The molecular weight excluding hydrogens is 464 g/mol. The van der Waals surface area contributed by atoms with Crippen LogP contribution in [0.2, 0.25) is 0 Å². The number of rotatable bonds is 12. The standard InChI is InChI=1S/C21H38N6O8/c1-16(28)17(22)2-3-23-18(29)12-24-4-6-25(13-19(30)31)8-10-27(15-21(34)35)11-9-26(7-5-24)14-20(32)33/h17H,2-15,22H2,1H3,(H,23,29)(H,30,31)(H,32,33)(H,34,35). The lowest BCUT2D eigenvalue weighted by Gasteiger charge is -2.32. The molecule has 35 heavy (non-hydrogen) atoms. The molecule has 6 N–H and O–H groups in total. The van der Waals surface area contributed by atoms with Crippen molar-refractivity contribution < 1.29 is 39.3 Å². The van der Waals surface area contributed by atoms with Gasteiger partial charge in [0.05, 0.1) is 32.2 Å². The smallest absolute Gasteiger partial charge is 0.317 e. The maximum Gasteiger partial charge on any atom is 0.317 e. The van der Waals surface area contributed by atoms with E-state index in [-0.39, 0.29) is 44.4 Å². The zero-order chi connectivity index (χ0) is 26.4. The molecule has 1 saturated heterocycles. The average molecular weight is 503 g/mol. The highest BCUT2D eigenvalue weighted by atomic mass is 16.4. The van der Waals surface area contributed by atoms with E-state index < -0.39 is 23.9 Å². The molecule has 0 saturated carbocycles. The zero-order valence-corrected chi connectivity index (χ0v) is 20.2. The third-order valence-corrected chi connectivity index (χ3v) is 5.67. The molecule has 200 valence electrons. The van der Waals surface area contributed by atoms with Gasteiger partial charge in [-0.1, -0.05) is 0 Å². The minimum Gasteiger partial charge on any atom is -0.480 e. The number of aliphatic carboxylic acids is 3. The molecule has 14 nitrogen and oxygen atoms in total. The van der Waals surface area contributed by atoms with Gasteiger partial charge in [-0.3, -0.25) is 43.6 Å². The average Bonchev–Trinajstić information content (AvgIpc) is 2.74. The number of nitrogens with one attached hydrogen (secondary N) is 1. The van der Waals surface area contributed by atoms with Crippen molar-refractivity contribution in [1.82, 2.24) is 24.9 Å². The molecule has 1 heterocycles. The summed E-state index contributed by atoms with van der Waals surface area (Å²) in [6.45, 7) is 3.54. The Bertz CT molecular complexity index is 705. The molecule has 0 aromatic heterocycles. The summed E-state index contributed by atoms with van der Waals surface area (Å²) in [5.74, 6) is -3.49. The van der Waals surface area contributed by atoms with Crippen molar-refractivity contribution in [3.63, 3.8) is 0 Å². The molecule has 14 heteroatoms. The Kier molecular flexibility index (Phi) is 14.0. The van der Waals surface area contributed by atoms with E-state index in [4.69, 9.17) is 5.73 Å². The SMILES string of the molecule is CC(=O)C(N)CCNC(=O)CN1CCN(CC(=O)O)CCN(CC(=O)O)CCN(CC(=O)O)CC1. The Morgan fingerprint density at radius 2 is 1.00 bits per heavy atom. The molecule has 1 rings (SSSR count). The predicted octanol–water partition coefficient (Wildman–Crippen LogP) is -3.12. The van der Waals surface area contributed by atoms with Gasteiger partial charge < -0.3 is 26.4 Å². The number of carboxylic acids is 3. The largest absolute Gasteiger partial charge is 0.480 e. The van der Waals surface area contributed by atoms with Crippen LogP contribution in [0.15, 0.2) is 0 Å². The topological polar surface area (TPSA) is 197 Å². The van der Waals surface area contributed by atoms with Gasteiger partial charge in [-0.2, -0.15) is 0 Å². The van der Waals surface area contributed by atoms with Gasteiger partial charge in [-0.25, -0.2) is 0 Å². The molecule has 1 aliphatic heterocycles. The number of ketones is 1. The van der Waals surface area contributed by atoms with Crippen molar-refractivity contribution in [2.24, 2.45) is 5.73 Å². The third kappa shape index (κ3) is 14.4. The summed E-state index contributed by atoms with van der Waals surface area (Å²) in [7, 11) is 0. The van der Waals surface area contributed by atoms with Gasteiger partial charge in [0.15, 0.2) is 0 Å². The van der Waals surface area contributed by atoms with Crippen molar-refractivity contribution in [2.75, 3.05) is 85.1 Å². The van der Waals surface area contributed by atoms with Crippen LogP contribution in [0.5, 0.6) is 0 Å². The normalized spacial score (nSPS) is 18.7. The molecular formula is C21H38N6O8. The van der Waals surface area contributed by atoms with Crippen molar-refractivity contribution in [1.29, 1.82) is 0 Å². The lowest BCUT2D eigenvalue weighted by Crippen LogP contribution is -2.50. The predicted molar refractivity (Wildman–Crippen MR) is 125 cm³/mol. The second kappa shape index (κ2) is 16.1. The van der Waals surface area contributed by atoms with Crippen LogP contribution >= 0.6 is 0 Å². The molecule has 1 atom stereocenters. The first-order valence-corrected chi connectivity index (χ1v) is 11.5. The van der Waals surface area contributed by atoms with Gasteiger partial charge in [0.25, 0.3) is 0 Å². The number of Topliss-reactive ketones (excluding diaryl/α,β-unsaturated/α-hetero) is 1. The first kappa shape index (κ1) is 30.4. The van der Waals surface area contributed by atoms with Crippen molar-refractivity contribution >= 4 is 29.6 Å². The molecule has 0 radical (unpaired) electrons. The Balaban J connectivity index is 2.86. The molecule has 0 spiro atoms. The first-order chi connectivity index (χ1) is 16.5. The molecule has 0 aromatic carbocycles. The minimum atomic E-state index is -1.02. The van der Waals surface area contributed by atoms with Gasteiger partial charge >= 0.3 is 17.9 Å². The van der Waals surface area contributed by atoms with E-state index in [2.05, 4.69) is 5.32 Å². The van der Waals surface area contributed by atoms with Crippen LogP contribution in [0, 0.1) is 0 Å². The van der Waals surface area contributed by atoms with Gasteiger partial charge in [0, 0.05) is 58.9 Å². The van der Waals surface area contributed by atoms with Crippen LogP contribution < -0.4 is 11.1 Å². The van der Waals surface area contributed by atoms with Crippen LogP contribution in [0.3, 0.4) is 0 Å². The van der Waals surface area contributed by atoms with Crippen molar-refractivity contribution in [3.05, 3.63) is 0 Å². The zero-order valence-electron chi connectivity index (χ0n) is 20.2. The van der Waals surface area contributed by atoms with E-state index in [0.717, 1.165) is 0 Å². The van der Waals surface area contributed by atoms with Gasteiger partial charge in [-0.15, -0.1) is 0 Å². The van der Waals surface area contributed by atoms with Crippen LogP contribution in [-0.4, -0.2) is 156 Å². The second-order valence-electron chi connectivity index (χ2n) is 8.64. The number of carbonyl (C=O) groups is 5. The summed E-state index contributed by atoms with van der Waals surface area (Å²) in [6, 6.07) is -0.646. The third-order valence-electron chi connectivity index (χ3n) is 5.67. The maximum absolute atomic E-state index is 12.4. The molecule has 1 unspecified atom stereocenters.